The summed E-state index contributed by atoms with van der Waals surface area (Å²) in [6.07, 6.45) is 0.229. The summed E-state index contributed by atoms with van der Waals surface area (Å²) in [6.45, 7) is -0.967. The fourth-order valence-corrected chi connectivity index (χ4v) is 9.16. The maximum Gasteiger partial charge on any atom is 0.417 e. The number of benzene rings is 6. The average Bonchev–Trinajstić information content (AvgIpc) is 2.86. The normalized spacial score (nSPS) is 14.1. The molecule has 0 aliphatic carbocycles. The van der Waals surface area contributed by atoms with Crippen molar-refractivity contribution < 1.29 is 13.2 Å². The molecule has 6 rings (SSSR count). The Hall–Kier alpha value is -3.55. The first kappa shape index (κ1) is 21.9. The lowest BCUT2D eigenvalue weighted by Gasteiger charge is -2.32. The van der Waals surface area contributed by atoms with Gasteiger partial charge in [0.2, 0.25) is 0 Å². The van der Waals surface area contributed by atoms with E-state index in [0.29, 0.717) is 0 Å². The second-order valence-electron chi connectivity index (χ2n) is 9.05. The van der Waals surface area contributed by atoms with Crippen LogP contribution in [-0.4, -0.2) is 6.30 Å². The molecule has 4 heteroatoms. The number of rotatable bonds is 3. The molecule has 0 nitrogen and oxygen atoms in total. The maximum atomic E-state index is 14.3. The Morgan fingerprint density at radius 2 is 1.14 bits per heavy atom. The average molecular weight is 482 g/mol. The lowest BCUT2D eigenvalue weighted by atomic mass is 9.94. The third-order valence-corrected chi connectivity index (χ3v) is 10.8. The minimum atomic E-state index is -4.48. The molecule has 0 aliphatic rings. The van der Waals surface area contributed by atoms with Gasteiger partial charge in [-0.05, 0) is 73.7 Å². The maximum absolute atomic E-state index is 14.3. The Balaban J connectivity index is 1.81. The van der Waals surface area contributed by atoms with Crippen molar-refractivity contribution in [2.45, 2.75) is 13.1 Å². The van der Waals surface area contributed by atoms with Crippen LogP contribution in [0.5, 0.6) is 0 Å². The number of hydrogen-bond donors (Lipinski definition) is 0. The summed E-state index contributed by atoms with van der Waals surface area (Å²) in [5.74, 6) is 0. The van der Waals surface area contributed by atoms with Gasteiger partial charge in [-0.15, -0.1) is 0 Å². The van der Waals surface area contributed by atoms with Crippen molar-refractivity contribution in [1.82, 2.24) is 0 Å². The van der Waals surface area contributed by atoms with E-state index in [9.17, 15) is 13.2 Å². The van der Waals surface area contributed by atoms with Crippen LogP contribution in [0.15, 0.2) is 103 Å². The van der Waals surface area contributed by atoms with Gasteiger partial charge in [-0.25, -0.2) is 0 Å². The van der Waals surface area contributed by atoms with Crippen LogP contribution in [0.4, 0.5) is 13.2 Å². The van der Waals surface area contributed by atoms with Gasteiger partial charge < -0.3 is 0 Å². The van der Waals surface area contributed by atoms with Crippen molar-refractivity contribution in [2.24, 2.45) is 0 Å². The highest BCUT2D eigenvalue weighted by Gasteiger charge is 2.38. The van der Waals surface area contributed by atoms with Crippen LogP contribution in [0.3, 0.4) is 0 Å². The Labute approximate surface area is 202 Å². The topological polar surface area (TPSA) is 0 Å². The van der Waals surface area contributed by atoms with Gasteiger partial charge in [0.25, 0.3) is 0 Å². The smallest absolute Gasteiger partial charge is 0.166 e. The highest BCUT2D eigenvalue weighted by atomic mass is 31.2. The standard InChI is InChI=1S/C31H22F3P/c1-20-8-3-5-12-26(20)35(2,28-13-6-4-11-25(28)31(32,33)34)27-19-17-23-15-14-21-9-7-10-22-16-18-24(27)30(23)29(21)22/h3-19H,2H2,1H3. The van der Waals surface area contributed by atoms with Crippen LogP contribution in [0, 0.1) is 6.92 Å². The van der Waals surface area contributed by atoms with Crippen LogP contribution in [0.25, 0.3) is 32.3 Å². The Bertz CT molecular complexity index is 1760. The molecular weight excluding hydrogens is 460 g/mol. The van der Waals surface area contributed by atoms with Crippen molar-refractivity contribution in [3.05, 3.63) is 114 Å². The zero-order chi connectivity index (χ0) is 24.4. The molecule has 0 aromatic heterocycles. The minimum absolute atomic E-state index is 0.261. The number of alkyl halides is 3. The van der Waals surface area contributed by atoms with Gasteiger partial charge in [0.1, 0.15) is 0 Å². The summed E-state index contributed by atoms with van der Waals surface area (Å²) in [4.78, 5) is 0. The fraction of sp³-hybridized carbons (Fsp3) is 0.0645. The quantitative estimate of drug-likeness (QED) is 0.180. The molecule has 35 heavy (non-hydrogen) atoms. The summed E-state index contributed by atoms with van der Waals surface area (Å²) in [6, 6.07) is 32.3. The molecule has 0 N–H and O–H groups in total. The van der Waals surface area contributed by atoms with Gasteiger partial charge in [0.15, 0.2) is 0 Å². The third kappa shape index (κ3) is 3.22. The molecule has 1 atom stereocenters. The number of hydrogen-bond acceptors (Lipinski definition) is 0. The molecule has 6 aromatic rings. The van der Waals surface area contributed by atoms with E-state index in [1.54, 1.807) is 12.1 Å². The predicted molar refractivity (Wildman–Crippen MR) is 146 cm³/mol. The Morgan fingerprint density at radius 3 is 1.83 bits per heavy atom. The van der Waals surface area contributed by atoms with E-state index < -0.39 is 18.6 Å². The zero-order valence-corrected chi connectivity index (χ0v) is 20.0. The molecule has 6 aromatic carbocycles. The monoisotopic (exact) mass is 482 g/mol. The summed E-state index contributed by atoms with van der Waals surface area (Å²) >= 11 is 0. The Kier molecular flexibility index (Phi) is 4.85. The summed E-state index contributed by atoms with van der Waals surface area (Å²) in [5.41, 5.74) is 0.329. The van der Waals surface area contributed by atoms with Crippen molar-refractivity contribution in [3.63, 3.8) is 0 Å². The van der Waals surface area contributed by atoms with Crippen molar-refractivity contribution in [1.29, 1.82) is 0 Å². The van der Waals surface area contributed by atoms with E-state index >= 15 is 0 Å². The van der Waals surface area contributed by atoms with Crippen molar-refractivity contribution in [3.8, 4) is 0 Å². The van der Waals surface area contributed by atoms with E-state index in [-0.39, 0.29) is 5.30 Å². The first-order valence-corrected chi connectivity index (χ1v) is 13.4. The largest absolute Gasteiger partial charge is 0.417 e. The third-order valence-electron chi connectivity index (χ3n) is 7.06. The van der Waals surface area contributed by atoms with Gasteiger partial charge in [-0.3, -0.25) is 0 Å². The van der Waals surface area contributed by atoms with E-state index in [1.807, 2.05) is 49.4 Å². The Morgan fingerprint density at radius 1 is 0.571 bits per heavy atom. The predicted octanol–water partition coefficient (Wildman–Crippen LogP) is 7.64. The van der Waals surface area contributed by atoms with Gasteiger partial charge in [-0.2, -0.15) is 13.2 Å². The minimum Gasteiger partial charge on any atom is -0.166 e. The molecule has 0 amide bonds. The molecule has 0 spiro atoms. The molecule has 0 bridgehead atoms. The van der Waals surface area contributed by atoms with Gasteiger partial charge in [-0.1, -0.05) is 103 Å². The van der Waals surface area contributed by atoms with Crippen LogP contribution in [0.1, 0.15) is 11.1 Å². The molecule has 0 saturated heterocycles. The van der Waals surface area contributed by atoms with Crippen molar-refractivity contribution in [2.75, 3.05) is 0 Å². The highest BCUT2D eigenvalue weighted by molar-refractivity contribution is 7.94. The summed E-state index contributed by atoms with van der Waals surface area (Å²) < 4.78 is 43.0. The zero-order valence-electron chi connectivity index (χ0n) is 19.1. The van der Waals surface area contributed by atoms with Gasteiger partial charge in [0, 0.05) is 0 Å². The second-order valence-corrected chi connectivity index (χ2v) is 12.1. The number of halogens is 3. The first-order chi connectivity index (χ1) is 16.8. The molecule has 0 aliphatic heterocycles. The lowest BCUT2D eigenvalue weighted by molar-refractivity contribution is -0.136. The lowest BCUT2D eigenvalue weighted by Crippen LogP contribution is -2.32. The highest BCUT2D eigenvalue weighted by Crippen LogP contribution is 2.49. The molecule has 0 heterocycles. The van der Waals surface area contributed by atoms with Crippen LogP contribution in [-0.2, 0) is 6.18 Å². The van der Waals surface area contributed by atoms with Gasteiger partial charge in [0.05, 0.1) is 5.56 Å². The molecule has 0 fully saturated rings. The molecule has 1 unspecified atom stereocenters. The van der Waals surface area contributed by atoms with Crippen LogP contribution < -0.4 is 15.9 Å². The molecule has 0 radical (unpaired) electrons. The summed E-state index contributed by atoms with van der Waals surface area (Å²) in [7, 11) is 0. The number of aryl methyl sites for hydroxylation is 1. The van der Waals surface area contributed by atoms with E-state index in [2.05, 4.69) is 36.4 Å². The molecule has 0 saturated carbocycles. The van der Waals surface area contributed by atoms with E-state index in [0.717, 1.165) is 48.5 Å². The molecular formula is C31H22F3P. The molecule has 172 valence electrons. The second kappa shape index (κ2) is 7.73. The van der Waals surface area contributed by atoms with E-state index in [4.69, 9.17) is 6.30 Å². The SMILES string of the molecule is C=P(c1ccccc1C)(c1ccccc1C(F)(F)F)c1ccc2ccc3cccc4ccc1c2c34. The van der Waals surface area contributed by atoms with E-state index in [1.165, 1.54) is 12.1 Å². The van der Waals surface area contributed by atoms with Crippen LogP contribution >= 0.6 is 6.89 Å². The fourth-order valence-electron chi connectivity index (χ4n) is 5.48. The van der Waals surface area contributed by atoms with Gasteiger partial charge >= 0.3 is 6.18 Å². The van der Waals surface area contributed by atoms with Crippen molar-refractivity contribution >= 4 is 61.4 Å². The summed E-state index contributed by atoms with van der Waals surface area (Å²) in [5, 5.41) is 8.52. The first-order valence-electron chi connectivity index (χ1n) is 11.4. The van der Waals surface area contributed by atoms with Crippen LogP contribution in [0.2, 0.25) is 0 Å².